The van der Waals surface area contributed by atoms with Crippen LogP contribution in [0.5, 0.6) is 0 Å². The third-order valence-corrected chi connectivity index (χ3v) is 3.09. The normalized spacial score (nSPS) is 14.1. The summed E-state index contributed by atoms with van der Waals surface area (Å²) in [5.41, 5.74) is -3.16. The van der Waals surface area contributed by atoms with Gasteiger partial charge in [-0.2, -0.15) is 13.2 Å². The van der Waals surface area contributed by atoms with E-state index in [0.29, 0.717) is 12.7 Å². The second-order valence-electron chi connectivity index (χ2n) is 4.76. The minimum absolute atomic E-state index is 0.0504. The second-order valence-corrected chi connectivity index (χ2v) is 4.76. The standard InChI is InChI=1S/C14H16F3NO4/c1-18(9-10-6-4-3-5-7-10)11(19)8-13(21,12(20)22-2)14(15,16)17/h3-7,21H,8-9H2,1-2H3. The molecule has 0 saturated heterocycles. The van der Waals surface area contributed by atoms with Gasteiger partial charge in [0.1, 0.15) is 0 Å². The zero-order chi connectivity index (χ0) is 17.0. The van der Waals surface area contributed by atoms with Crippen molar-refractivity contribution >= 4 is 11.9 Å². The predicted octanol–water partition coefficient (Wildman–Crippen LogP) is 1.50. The third kappa shape index (κ3) is 3.97. The van der Waals surface area contributed by atoms with Gasteiger partial charge < -0.3 is 14.7 Å². The molecule has 0 radical (unpaired) electrons. The Kier molecular flexibility index (Phi) is 5.54. The lowest BCUT2D eigenvalue weighted by atomic mass is 9.98. The van der Waals surface area contributed by atoms with Crippen molar-refractivity contribution in [1.29, 1.82) is 0 Å². The summed E-state index contributed by atoms with van der Waals surface area (Å²) in [4.78, 5) is 24.1. The maximum atomic E-state index is 12.9. The van der Waals surface area contributed by atoms with E-state index in [0.717, 1.165) is 4.90 Å². The number of ether oxygens (including phenoxy) is 1. The van der Waals surface area contributed by atoms with Gasteiger partial charge in [-0.1, -0.05) is 30.3 Å². The van der Waals surface area contributed by atoms with E-state index in [1.165, 1.54) is 7.05 Å². The molecule has 1 N–H and O–H groups in total. The number of aliphatic hydroxyl groups is 1. The van der Waals surface area contributed by atoms with Crippen LogP contribution >= 0.6 is 0 Å². The van der Waals surface area contributed by atoms with Crippen LogP contribution in [0, 0.1) is 0 Å². The molecule has 1 unspecified atom stereocenters. The van der Waals surface area contributed by atoms with Crippen LogP contribution in [-0.2, 0) is 20.9 Å². The molecule has 8 heteroatoms. The van der Waals surface area contributed by atoms with E-state index in [1.54, 1.807) is 30.3 Å². The van der Waals surface area contributed by atoms with Crippen molar-refractivity contribution in [3.05, 3.63) is 35.9 Å². The van der Waals surface area contributed by atoms with Crippen molar-refractivity contribution in [2.45, 2.75) is 24.7 Å². The highest BCUT2D eigenvalue weighted by atomic mass is 19.4. The molecule has 1 aromatic rings. The van der Waals surface area contributed by atoms with Crippen molar-refractivity contribution in [3.63, 3.8) is 0 Å². The first-order valence-electron chi connectivity index (χ1n) is 6.27. The SMILES string of the molecule is COC(=O)C(O)(CC(=O)N(C)Cc1ccccc1)C(F)(F)F. The number of amides is 1. The summed E-state index contributed by atoms with van der Waals surface area (Å²) in [7, 11) is 1.99. The average molecular weight is 319 g/mol. The Hall–Kier alpha value is -2.09. The van der Waals surface area contributed by atoms with Crippen molar-refractivity contribution < 1.29 is 32.6 Å². The number of halogens is 3. The number of methoxy groups -OCH3 is 1. The maximum Gasteiger partial charge on any atom is 0.428 e. The molecular formula is C14H16F3NO4. The molecule has 0 fully saturated rings. The van der Waals surface area contributed by atoms with Gasteiger partial charge in [-0.05, 0) is 5.56 Å². The highest BCUT2D eigenvalue weighted by Gasteiger charge is 2.61. The highest BCUT2D eigenvalue weighted by molar-refractivity contribution is 5.88. The Morgan fingerprint density at radius 3 is 2.23 bits per heavy atom. The molecule has 1 aromatic carbocycles. The fourth-order valence-corrected chi connectivity index (χ4v) is 1.76. The van der Waals surface area contributed by atoms with Crippen LogP contribution in [-0.4, -0.2) is 47.8 Å². The lowest BCUT2D eigenvalue weighted by Crippen LogP contribution is -2.55. The van der Waals surface area contributed by atoms with Crippen LogP contribution in [0.2, 0.25) is 0 Å². The van der Waals surface area contributed by atoms with Gasteiger partial charge in [-0.3, -0.25) is 4.79 Å². The van der Waals surface area contributed by atoms with Gasteiger partial charge in [-0.15, -0.1) is 0 Å². The Labute approximate surface area is 125 Å². The molecule has 0 spiro atoms. The second kappa shape index (κ2) is 6.78. The molecule has 1 atom stereocenters. The fourth-order valence-electron chi connectivity index (χ4n) is 1.76. The minimum atomic E-state index is -5.32. The van der Waals surface area contributed by atoms with Gasteiger partial charge in [0.05, 0.1) is 13.5 Å². The van der Waals surface area contributed by atoms with Gasteiger partial charge in [0.15, 0.2) is 0 Å². The largest absolute Gasteiger partial charge is 0.467 e. The molecule has 1 rings (SSSR count). The molecule has 0 aliphatic heterocycles. The number of hydrogen-bond acceptors (Lipinski definition) is 4. The van der Waals surface area contributed by atoms with E-state index in [2.05, 4.69) is 4.74 Å². The summed E-state index contributed by atoms with van der Waals surface area (Å²) in [6.45, 7) is 0.0504. The van der Waals surface area contributed by atoms with Gasteiger partial charge in [-0.25, -0.2) is 4.79 Å². The van der Waals surface area contributed by atoms with Crippen molar-refractivity contribution in [1.82, 2.24) is 4.90 Å². The summed E-state index contributed by atoms with van der Waals surface area (Å²) in [6.07, 6.45) is -6.75. The maximum absolute atomic E-state index is 12.9. The number of hydrogen-bond donors (Lipinski definition) is 1. The zero-order valence-corrected chi connectivity index (χ0v) is 12.1. The van der Waals surface area contributed by atoms with Crippen LogP contribution in [0.4, 0.5) is 13.2 Å². The van der Waals surface area contributed by atoms with E-state index in [4.69, 9.17) is 0 Å². The number of rotatable bonds is 5. The van der Waals surface area contributed by atoms with Crippen molar-refractivity contribution in [2.75, 3.05) is 14.2 Å². The van der Waals surface area contributed by atoms with E-state index in [1.807, 2.05) is 0 Å². The summed E-state index contributed by atoms with van der Waals surface area (Å²) >= 11 is 0. The first kappa shape index (κ1) is 18.0. The fraction of sp³-hybridized carbons (Fsp3) is 0.429. The smallest absolute Gasteiger partial charge is 0.428 e. The van der Waals surface area contributed by atoms with Gasteiger partial charge in [0, 0.05) is 13.6 Å². The first-order valence-corrected chi connectivity index (χ1v) is 6.27. The predicted molar refractivity (Wildman–Crippen MR) is 70.6 cm³/mol. The van der Waals surface area contributed by atoms with E-state index < -0.39 is 30.1 Å². The first-order chi connectivity index (χ1) is 10.1. The molecule has 22 heavy (non-hydrogen) atoms. The number of nitrogens with zero attached hydrogens (tertiary/aromatic N) is 1. The Morgan fingerprint density at radius 1 is 1.23 bits per heavy atom. The molecule has 0 aromatic heterocycles. The van der Waals surface area contributed by atoms with Crippen LogP contribution < -0.4 is 0 Å². The molecule has 122 valence electrons. The Balaban J connectivity index is 2.85. The summed E-state index contributed by atoms with van der Waals surface area (Å²) in [5, 5.41) is 9.55. The van der Waals surface area contributed by atoms with Gasteiger partial charge in [0.2, 0.25) is 5.91 Å². The molecule has 0 saturated carbocycles. The lowest BCUT2D eigenvalue weighted by Gasteiger charge is -2.29. The summed E-state index contributed by atoms with van der Waals surface area (Å²) in [6, 6.07) is 8.58. The number of esters is 1. The van der Waals surface area contributed by atoms with E-state index in [9.17, 15) is 27.9 Å². The van der Waals surface area contributed by atoms with Crippen LogP contribution in [0.25, 0.3) is 0 Å². The van der Waals surface area contributed by atoms with Crippen LogP contribution in [0.15, 0.2) is 30.3 Å². The number of carbonyl (C=O) groups excluding carboxylic acids is 2. The molecule has 5 nitrogen and oxygen atoms in total. The highest BCUT2D eigenvalue weighted by Crippen LogP contribution is 2.34. The molecule has 1 amide bonds. The number of carbonyl (C=O) groups is 2. The average Bonchev–Trinajstić information content (AvgIpc) is 2.45. The quantitative estimate of drug-likeness (QED) is 0.835. The van der Waals surface area contributed by atoms with Crippen LogP contribution in [0.3, 0.4) is 0 Å². The Bertz CT molecular complexity index is 533. The van der Waals surface area contributed by atoms with E-state index >= 15 is 0 Å². The molecule has 0 heterocycles. The number of alkyl halides is 3. The Morgan fingerprint density at radius 2 is 1.77 bits per heavy atom. The summed E-state index contributed by atoms with van der Waals surface area (Å²) in [5.74, 6) is -2.95. The van der Waals surface area contributed by atoms with Crippen LogP contribution in [0.1, 0.15) is 12.0 Å². The minimum Gasteiger partial charge on any atom is -0.467 e. The lowest BCUT2D eigenvalue weighted by molar-refractivity contribution is -0.262. The molecule has 0 bridgehead atoms. The summed E-state index contributed by atoms with van der Waals surface area (Å²) < 4.78 is 42.6. The molecular weight excluding hydrogens is 303 g/mol. The van der Waals surface area contributed by atoms with E-state index in [-0.39, 0.29) is 6.54 Å². The number of benzene rings is 1. The monoisotopic (exact) mass is 319 g/mol. The van der Waals surface area contributed by atoms with Crippen molar-refractivity contribution in [3.8, 4) is 0 Å². The van der Waals surface area contributed by atoms with Crippen molar-refractivity contribution in [2.24, 2.45) is 0 Å². The molecule has 0 aliphatic carbocycles. The zero-order valence-electron chi connectivity index (χ0n) is 12.1. The molecule has 0 aliphatic rings. The topological polar surface area (TPSA) is 66.8 Å². The van der Waals surface area contributed by atoms with Gasteiger partial charge in [0.25, 0.3) is 5.60 Å². The van der Waals surface area contributed by atoms with Gasteiger partial charge >= 0.3 is 12.1 Å². The third-order valence-electron chi connectivity index (χ3n) is 3.09.